The monoisotopic (exact) mass is 198 g/mol. The van der Waals surface area contributed by atoms with Crippen LogP contribution in [0.15, 0.2) is 5.38 Å². The van der Waals surface area contributed by atoms with Crippen molar-refractivity contribution in [3.05, 3.63) is 10.3 Å². The van der Waals surface area contributed by atoms with E-state index in [2.05, 4.69) is 35.7 Å². The van der Waals surface area contributed by atoms with Gasteiger partial charge in [0.15, 0.2) is 0 Å². The Bertz CT molecular complexity index is 394. The fourth-order valence-corrected chi connectivity index (χ4v) is 3.20. The topological polar surface area (TPSA) is 25.8 Å². The van der Waals surface area contributed by atoms with E-state index in [4.69, 9.17) is 0 Å². The molecule has 64 valence electrons. The molecular formula is C8H10N2S2. The van der Waals surface area contributed by atoms with Crippen LogP contribution in [-0.4, -0.2) is 9.59 Å². The Kier molecular flexibility index (Phi) is 1.70. The lowest BCUT2D eigenvalue weighted by molar-refractivity contribution is 0.609. The number of nitrogens with zero attached hydrogens (tertiary/aromatic N) is 2. The number of aromatic nitrogens is 2. The van der Waals surface area contributed by atoms with Crippen LogP contribution >= 0.6 is 22.9 Å². The van der Waals surface area contributed by atoms with Gasteiger partial charge in [-0.05, 0) is 16.9 Å². The summed E-state index contributed by atoms with van der Waals surface area (Å²) < 4.78 is 5.19. The van der Waals surface area contributed by atoms with Crippen molar-refractivity contribution in [1.29, 1.82) is 0 Å². The van der Waals surface area contributed by atoms with Gasteiger partial charge >= 0.3 is 0 Å². The van der Waals surface area contributed by atoms with Crippen molar-refractivity contribution in [2.24, 2.45) is 0 Å². The van der Waals surface area contributed by atoms with Gasteiger partial charge in [-0.2, -0.15) is 0 Å². The summed E-state index contributed by atoms with van der Waals surface area (Å²) in [5.41, 5.74) is 1.27. The molecule has 12 heavy (non-hydrogen) atoms. The van der Waals surface area contributed by atoms with E-state index in [1.165, 1.54) is 21.1 Å². The van der Waals surface area contributed by atoms with E-state index < -0.39 is 0 Å². The van der Waals surface area contributed by atoms with Crippen LogP contribution in [0.5, 0.6) is 0 Å². The second kappa shape index (κ2) is 2.50. The van der Waals surface area contributed by atoms with Crippen molar-refractivity contribution in [2.75, 3.05) is 0 Å². The van der Waals surface area contributed by atoms with Crippen LogP contribution in [0.2, 0.25) is 0 Å². The summed E-state index contributed by atoms with van der Waals surface area (Å²) >= 11 is 3.28. The van der Waals surface area contributed by atoms with E-state index >= 15 is 0 Å². The zero-order valence-electron chi connectivity index (χ0n) is 7.29. The highest BCUT2D eigenvalue weighted by Gasteiger charge is 2.20. The van der Waals surface area contributed by atoms with Crippen molar-refractivity contribution in [2.45, 2.75) is 26.2 Å². The van der Waals surface area contributed by atoms with Crippen LogP contribution < -0.4 is 0 Å². The number of hydrogen-bond acceptors (Lipinski definition) is 4. The van der Waals surface area contributed by atoms with E-state index in [1.54, 1.807) is 11.3 Å². The molecule has 0 spiro atoms. The molecule has 0 atom stereocenters. The van der Waals surface area contributed by atoms with E-state index in [1.807, 2.05) is 0 Å². The van der Waals surface area contributed by atoms with Crippen LogP contribution in [-0.2, 0) is 5.41 Å². The Hall–Kier alpha value is -0.480. The van der Waals surface area contributed by atoms with Gasteiger partial charge < -0.3 is 0 Å². The molecule has 4 heteroatoms. The third-order valence-electron chi connectivity index (χ3n) is 1.69. The van der Waals surface area contributed by atoms with Crippen molar-refractivity contribution < 1.29 is 0 Å². The second-order valence-corrected chi connectivity index (χ2v) is 5.44. The van der Waals surface area contributed by atoms with Gasteiger partial charge in [-0.1, -0.05) is 25.3 Å². The minimum Gasteiger partial charge on any atom is -0.144 e. The standard InChI is InChI=1S/C8H10N2S2/c1-8(2,3)7-6-5(4-11-7)9-10-12-6/h4H,1-3H3. The normalized spacial score (nSPS) is 12.6. The van der Waals surface area contributed by atoms with Gasteiger partial charge in [0.2, 0.25) is 0 Å². The third-order valence-corrected chi connectivity index (χ3v) is 3.97. The summed E-state index contributed by atoms with van der Waals surface area (Å²) in [6, 6.07) is 0. The van der Waals surface area contributed by atoms with Crippen molar-refractivity contribution in [3.63, 3.8) is 0 Å². The molecule has 0 N–H and O–H groups in total. The SMILES string of the molecule is CC(C)(C)c1scc2nnsc12. The van der Waals surface area contributed by atoms with E-state index in [9.17, 15) is 0 Å². The number of fused-ring (bicyclic) bond motifs is 1. The van der Waals surface area contributed by atoms with Gasteiger partial charge in [0.1, 0.15) is 5.52 Å². The lowest BCUT2D eigenvalue weighted by atomic mass is 9.95. The maximum absolute atomic E-state index is 4.03. The second-order valence-electron chi connectivity index (χ2n) is 3.80. The van der Waals surface area contributed by atoms with Crippen molar-refractivity contribution >= 4 is 33.1 Å². The molecule has 0 unspecified atom stereocenters. The van der Waals surface area contributed by atoms with Gasteiger partial charge in [-0.3, -0.25) is 0 Å². The molecule has 2 nitrogen and oxygen atoms in total. The minimum atomic E-state index is 0.223. The van der Waals surface area contributed by atoms with Gasteiger partial charge in [-0.15, -0.1) is 16.4 Å². The average Bonchev–Trinajstić information content (AvgIpc) is 2.37. The first-order chi connectivity index (χ1) is 5.59. The van der Waals surface area contributed by atoms with Crippen LogP contribution in [0, 0.1) is 0 Å². The first-order valence-electron chi connectivity index (χ1n) is 3.79. The molecule has 2 heterocycles. The minimum absolute atomic E-state index is 0.223. The smallest absolute Gasteiger partial charge is 0.116 e. The fraction of sp³-hybridized carbons (Fsp3) is 0.500. The van der Waals surface area contributed by atoms with Gasteiger partial charge in [0.25, 0.3) is 0 Å². The lowest BCUT2D eigenvalue weighted by Crippen LogP contribution is -2.08. The van der Waals surface area contributed by atoms with Crippen molar-refractivity contribution in [1.82, 2.24) is 9.59 Å². The molecule has 0 aromatic carbocycles. The fourth-order valence-electron chi connectivity index (χ4n) is 1.12. The Morgan fingerprint density at radius 3 is 2.75 bits per heavy atom. The maximum Gasteiger partial charge on any atom is 0.116 e. The highest BCUT2D eigenvalue weighted by atomic mass is 32.1. The largest absolute Gasteiger partial charge is 0.144 e. The summed E-state index contributed by atoms with van der Waals surface area (Å²) in [4.78, 5) is 1.40. The number of thiophene rings is 1. The predicted molar refractivity (Wildman–Crippen MR) is 54.0 cm³/mol. The van der Waals surface area contributed by atoms with Gasteiger partial charge in [0, 0.05) is 10.3 Å². The van der Waals surface area contributed by atoms with E-state index in [0.717, 1.165) is 5.52 Å². The van der Waals surface area contributed by atoms with Crippen LogP contribution in [0.25, 0.3) is 10.2 Å². The summed E-state index contributed by atoms with van der Waals surface area (Å²) in [5, 5.41) is 6.11. The van der Waals surface area contributed by atoms with E-state index in [-0.39, 0.29) is 5.41 Å². The zero-order valence-corrected chi connectivity index (χ0v) is 8.92. The molecule has 0 bridgehead atoms. The summed E-state index contributed by atoms with van der Waals surface area (Å²) in [6.45, 7) is 6.66. The molecule has 0 aliphatic heterocycles. The molecule has 0 fully saturated rings. The third kappa shape index (κ3) is 1.15. The Morgan fingerprint density at radius 1 is 1.33 bits per heavy atom. The summed E-state index contributed by atoms with van der Waals surface area (Å²) in [5.74, 6) is 0. The van der Waals surface area contributed by atoms with E-state index in [0.29, 0.717) is 0 Å². The Morgan fingerprint density at radius 2 is 2.08 bits per heavy atom. The molecule has 2 aromatic heterocycles. The molecule has 2 rings (SSSR count). The van der Waals surface area contributed by atoms with Crippen molar-refractivity contribution in [3.8, 4) is 0 Å². The molecule has 2 aromatic rings. The van der Waals surface area contributed by atoms with Crippen LogP contribution in [0.4, 0.5) is 0 Å². The highest BCUT2D eigenvalue weighted by Crippen LogP contribution is 2.36. The van der Waals surface area contributed by atoms with Crippen LogP contribution in [0.1, 0.15) is 25.6 Å². The molecular weight excluding hydrogens is 188 g/mol. The molecule has 0 saturated carbocycles. The number of hydrogen-bond donors (Lipinski definition) is 0. The quantitative estimate of drug-likeness (QED) is 0.650. The molecule has 0 radical (unpaired) electrons. The molecule has 0 aliphatic carbocycles. The molecule has 0 amide bonds. The zero-order chi connectivity index (χ0) is 8.77. The summed E-state index contributed by atoms with van der Waals surface area (Å²) in [6.07, 6.45) is 0. The average molecular weight is 198 g/mol. The highest BCUT2D eigenvalue weighted by molar-refractivity contribution is 7.20. The number of rotatable bonds is 0. The first kappa shape index (κ1) is 8.13. The lowest BCUT2D eigenvalue weighted by Gasteiger charge is -2.15. The predicted octanol–water partition coefficient (Wildman–Crippen LogP) is 3.05. The van der Waals surface area contributed by atoms with Crippen LogP contribution in [0.3, 0.4) is 0 Å². The Balaban J connectivity index is 2.69. The summed E-state index contributed by atoms with van der Waals surface area (Å²) in [7, 11) is 0. The van der Waals surface area contributed by atoms with Gasteiger partial charge in [-0.25, -0.2) is 0 Å². The maximum atomic E-state index is 4.03. The van der Waals surface area contributed by atoms with Gasteiger partial charge in [0.05, 0.1) is 4.70 Å². The Labute approximate surface area is 79.4 Å². The molecule has 0 saturated heterocycles. The first-order valence-corrected chi connectivity index (χ1v) is 5.44. The molecule has 0 aliphatic rings.